The predicted molar refractivity (Wildman–Crippen MR) is 146 cm³/mol. The number of pyridine rings is 1. The third kappa shape index (κ3) is 7.18. The fourth-order valence-corrected chi connectivity index (χ4v) is 5.26. The SMILES string of the molecule is O=C(Nc1ccc(F)cc1)[C@H](Cc1ccc(F)cc1)Nc1cncc(F)c1CC[C@@H]1CNCC2(CCOCC2)O1. The van der Waals surface area contributed by atoms with Gasteiger partial charge in [0.15, 0.2) is 0 Å². The molecule has 1 amide bonds. The molecule has 0 bridgehead atoms. The normalized spacial score (nSPS) is 19.2. The van der Waals surface area contributed by atoms with Gasteiger partial charge < -0.3 is 25.4 Å². The van der Waals surface area contributed by atoms with Crippen LogP contribution in [0.2, 0.25) is 0 Å². The molecule has 2 aliphatic rings. The molecule has 2 aliphatic heterocycles. The van der Waals surface area contributed by atoms with E-state index in [1.807, 2.05) is 0 Å². The van der Waals surface area contributed by atoms with Gasteiger partial charge >= 0.3 is 0 Å². The van der Waals surface area contributed by atoms with Crippen LogP contribution in [-0.2, 0) is 27.1 Å². The van der Waals surface area contributed by atoms with E-state index in [0.29, 0.717) is 55.1 Å². The van der Waals surface area contributed by atoms with E-state index in [-0.39, 0.29) is 23.9 Å². The molecule has 2 aromatic carbocycles. The molecule has 212 valence electrons. The molecule has 1 aromatic heterocycles. The molecule has 0 aliphatic carbocycles. The lowest BCUT2D eigenvalue weighted by Gasteiger charge is -2.44. The van der Waals surface area contributed by atoms with E-state index < -0.39 is 23.6 Å². The van der Waals surface area contributed by atoms with Gasteiger partial charge in [-0.05, 0) is 54.8 Å². The van der Waals surface area contributed by atoms with Crippen LogP contribution in [0.5, 0.6) is 0 Å². The number of carbonyl (C=O) groups is 1. The minimum absolute atomic E-state index is 0.0935. The van der Waals surface area contributed by atoms with Crippen LogP contribution in [0.1, 0.15) is 30.4 Å². The van der Waals surface area contributed by atoms with E-state index in [0.717, 1.165) is 25.6 Å². The molecule has 0 radical (unpaired) electrons. The molecule has 0 unspecified atom stereocenters. The lowest BCUT2D eigenvalue weighted by Crippen LogP contribution is -2.56. The number of ether oxygens (including phenoxy) is 2. The Morgan fingerprint density at radius 2 is 1.73 bits per heavy atom. The number of morpholine rings is 1. The van der Waals surface area contributed by atoms with Crippen LogP contribution in [0.3, 0.4) is 0 Å². The van der Waals surface area contributed by atoms with Gasteiger partial charge in [-0.3, -0.25) is 9.78 Å². The number of rotatable bonds is 9. The first kappa shape index (κ1) is 28.1. The Bertz CT molecular complexity index is 1280. The lowest BCUT2D eigenvalue weighted by atomic mass is 9.91. The first-order chi connectivity index (χ1) is 19.4. The Labute approximate surface area is 231 Å². The summed E-state index contributed by atoms with van der Waals surface area (Å²) in [7, 11) is 0. The summed E-state index contributed by atoms with van der Waals surface area (Å²) in [5.74, 6) is -1.70. The van der Waals surface area contributed by atoms with Gasteiger partial charge in [-0.1, -0.05) is 12.1 Å². The van der Waals surface area contributed by atoms with Crippen molar-refractivity contribution in [3.8, 4) is 0 Å². The predicted octanol–water partition coefficient (Wildman–Crippen LogP) is 4.63. The maximum absolute atomic E-state index is 15.1. The first-order valence-corrected chi connectivity index (χ1v) is 13.6. The molecule has 3 heterocycles. The third-order valence-electron chi connectivity index (χ3n) is 7.47. The van der Waals surface area contributed by atoms with Crippen LogP contribution >= 0.6 is 0 Å². The molecule has 7 nitrogen and oxygen atoms in total. The van der Waals surface area contributed by atoms with Crippen molar-refractivity contribution in [2.45, 2.75) is 49.9 Å². The van der Waals surface area contributed by atoms with Crippen molar-refractivity contribution in [2.24, 2.45) is 0 Å². The van der Waals surface area contributed by atoms with Crippen LogP contribution in [0.4, 0.5) is 24.5 Å². The first-order valence-electron chi connectivity index (χ1n) is 13.6. The van der Waals surface area contributed by atoms with E-state index in [4.69, 9.17) is 9.47 Å². The van der Waals surface area contributed by atoms with Crippen LogP contribution in [0.15, 0.2) is 60.9 Å². The highest BCUT2D eigenvalue weighted by atomic mass is 19.1. The zero-order valence-corrected chi connectivity index (χ0v) is 22.1. The summed E-state index contributed by atoms with van der Waals surface area (Å²) in [6.45, 7) is 2.77. The van der Waals surface area contributed by atoms with E-state index >= 15 is 4.39 Å². The van der Waals surface area contributed by atoms with Gasteiger partial charge in [0, 0.05) is 56.8 Å². The van der Waals surface area contributed by atoms with Crippen LogP contribution in [-0.4, -0.2) is 54.9 Å². The van der Waals surface area contributed by atoms with E-state index in [9.17, 15) is 13.6 Å². The molecule has 2 fully saturated rings. The van der Waals surface area contributed by atoms with Gasteiger partial charge in [-0.15, -0.1) is 0 Å². The van der Waals surface area contributed by atoms with Crippen LogP contribution < -0.4 is 16.0 Å². The second-order valence-electron chi connectivity index (χ2n) is 10.4. The van der Waals surface area contributed by atoms with Crippen molar-refractivity contribution in [3.05, 3.63) is 89.5 Å². The molecule has 3 aromatic rings. The maximum atomic E-state index is 15.1. The molecule has 3 N–H and O–H groups in total. The Balaban J connectivity index is 1.32. The highest BCUT2D eigenvalue weighted by Gasteiger charge is 2.38. The van der Waals surface area contributed by atoms with Gasteiger partial charge in [0.05, 0.1) is 29.8 Å². The van der Waals surface area contributed by atoms with E-state index in [1.54, 1.807) is 12.1 Å². The van der Waals surface area contributed by atoms with Crippen LogP contribution in [0, 0.1) is 17.5 Å². The Morgan fingerprint density at radius 1 is 1.02 bits per heavy atom. The molecule has 1 spiro atoms. The summed E-state index contributed by atoms with van der Waals surface area (Å²) in [6.07, 6.45) is 5.36. The van der Waals surface area contributed by atoms with Gasteiger partial charge in [0.1, 0.15) is 23.5 Å². The number of hydrogen-bond acceptors (Lipinski definition) is 6. The van der Waals surface area contributed by atoms with Crippen LogP contribution in [0.25, 0.3) is 0 Å². The zero-order chi connectivity index (χ0) is 28.0. The van der Waals surface area contributed by atoms with Crippen molar-refractivity contribution in [2.75, 3.05) is 36.9 Å². The highest BCUT2D eigenvalue weighted by molar-refractivity contribution is 5.96. The van der Waals surface area contributed by atoms with Gasteiger partial charge in [0.25, 0.3) is 0 Å². The molecule has 0 saturated carbocycles. The maximum Gasteiger partial charge on any atom is 0.247 e. The summed E-state index contributed by atoms with van der Waals surface area (Å²) < 4.78 is 54.0. The number of amides is 1. The van der Waals surface area contributed by atoms with E-state index in [2.05, 4.69) is 20.9 Å². The second kappa shape index (κ2) is 12.8. The number of carbonyl (C=O) groups excluding carboxylic acids is 1. The summed E-state index contributed by atoms with van der Waals surface area (Å²) in [6, 6.07) is 10.4. The van der Waals surface area contributed by atoms with Gasteiger partial charge in [-0.2, -0.15) is 0 Å². The summed E-state index contributed by atoms with van der Waals surface area (Å²) in [4.78, 5) is 17.4. The number of hydrogen-bond donors (Lipinski definition) is 3. The number of anilines is 2. The molecule has 2 atom stereocenters. The molecular weight excluding hydrogens is 521 g/mol. The Morgan fingerprint density at radius 3 is 2.45 bits per heavy atom. The average Bonchev–Trinajstić information content (AvgIpc) is 2.95. The van der Waals surface area contributed by atoms with Crippen molar-refractivity contribution < 1.29 is 27.4 Å². The largest absolute Gasteiger partial charge is 0.381 e. The van der Waals surface area contributed by atoms with Crippen molar-refractivity contribution in [1.82, 2.24) is 10.3 Å². The number of nitrogens with zero attached hydrogens (tertiary/aromatic N) is 1. The van der Waals surface area contributed by atoms with E-state index in [1.165, 1.54) is 42.6 Å². The number of benzene rings is 2. The average molecular weight is 555 g/mol. The minimum atomic E-state index is -0.851. The van der Waals surface area contributed by atoms with Gasteiger partial charge in [0.2, 0.25) is 5.91 Å². The molecule has 2 saturated heterocycles. The molecule has 10 heteroatoms. The Hall–Kier alpha value is -3.47. The summed E-state index contributed by atoms with van der Waals surface area (Å²) >= 11 is 0. The number of nitrogens with one attached hydrogen (secondary N) is 3. The quantitative estimate of drug-likeness (QED) is 0.358. The highest BCUT2D eigenvalue weighted by Crippen LogP contribution is 2.30. The van der Waals surface area contributed by atoms with Crippen molar-refractivity contribution in [1.29, 1.82) is 0 Å². The minimum Gasteiger partial charge on any atom is -0.381 e. The molecule has 5 rings (SSSR count). The van der Waals surface area contributed by atoms with Crippen molar-refractivity contribution in [3.63, 3.8) is 0 Å². The smallest absolute Gasteiger partial charge is 0.247 e. The van der Waals surface area contributed by atoms with Gasteiger partial charge in [-0.25, -0.2) is 13.2 Å². The molecular formula is C30H33F3N4O3. The fourth-order valence-electron chi connectivity index (χ4n) is 5.26. The lowest BCUT2D eigenvalue weighted by molar-refractivity contribution is -0.160. The monoisotopic (exact) mass is 554 g/mol. The topological polar surface area (TPSA) is 84.5 Å². The number of aromatic nitrogens is 1. The summed E-state index contributed by atoms with van der Waals surface area (Å²) in [5.41, 5.74) is 1.67. The third-order valence-corrected chi connectivity index (χ3v) is 7.47. The second-order valence-corrected chi connectivity index (χ2v) is 10.4. The number of halogens is 3. The zero-order valence-electron chi connectivity index (χ0n) is 22.1. The molecule has 40 heavy (non-hydrogen) atoms. The summed E-state index contributed by atoms with van der Waals surface area (Å²) in [5, 5.41) is 9.41. The standard InChI is InChI=1S/C30H33F3N4O3/c31-21-3-1-20(2-4-21)15-27(29(38)36-23-7-5-22(32)6-8-23)37-28-18-34-17-26(33)25(28)10-9-24-16-35-19-30(40-24)11-13-39-14-12-30/h1-8,17-18,24,27,35,37H,9-16,19H2,(H,36,38)/t24-,27+/m1/s1. The van der Waals surface area contributed by atoms with Crippen molar-refractivity contribution >= 4 is 17.3 Å². The Kier molecular flexibility index (Phi) is 8.98. The fraction of sp³-hybridized carbons (Fsp3) is 0.400.